The van der Waals surface area contributed by atoms with E-state index < -0.39 is 10.0 Å². The van der Waals surface area contributed by atoms with E-state index in [9.17, 15) is 13.2 Å². The lowest BCUT2D eigenvalue weighted by molar-refractivity contribution is -0.113. The van der Waals surface area contributed by atoms with Crippen molar-refractivity contribution in [3.05, 3.63) is 24.3 Å². The number of para-hydroxylation sites is 1. The fourth-order valence-electron chi connectivity index (χ4n) is 1.26. The Hall–Kier alpha value is -0.920. The van der Waals surface area contributed by atoms with Gasteiger partial charge in [0.05, 0.1) is 11.0 Å². The monoisotopic (exact) mass is 320 g/mol. The van der Waals surface area contributed by atoms with Crippen molar-refractivity contribution in [3.63, 3.8) is 0 Å². The fourth-order valence-corrected chi connectivity index (χ4v) is 2.60. The first-order valence-electron chi connectivity index (χ1n) is 4.95. The zero-order chi connectivity index (χ0) is 12.9. The molecule has 0 saturated carbocycles. The van der Waals surface area contributed by atoms with Crippen LogP contribution in [0.25, 0.3) is 0 Å². The van der Waals surface area contributed by atoms with E-state index in [0.29, 0.717) is 6.54 Å². The van der Waals surface area contributed by atoms with Crippen molar-refractivity contribution in [3.8, 4) is 0 Å². The fraction of sp³-hybridized carbons (Fsp3) is 0.300. The number of nitrogens with one attached hydrogen (secondary N) is 2. The summed E-state index contributed by atoms with van der Waals surface area (Å²) >= 11 is 3.00. The molecule has 0 heterocycles. The third kappa shape index (κ3) is 3.79. The smallest absolute Gasteiger partial charge is 0.242 e. The zero-order valence-corrected chi connectivity index (χ0v) is 11.6. The van der Waals surface area contributed by atoms with Crippen LogP contribution in [0.5, 0.6) is 0 Å². The Morgan fingerprint density at radius 1 is 1.35 bits per heavy atom. The molecule has 0 bridgehead atoms. The molecule has 7 heteroatoms. The first-order valence-corrected chi connectivity index (χ1v) is 7.56. The highest BCUT2D eigenvalue weighted by Gasteiger charge is 2.17. The van der Waals surface area contributed by atoms with Crippen LogP contribution in [-0.4, -0.2) is 26.2 Å². The number of hydrogen-bond donors (Lipinski definition) is 2. The van der Waals surface area contributed by atoms with Crippen molar-refractivity contribution >= 4 is 37.5 Å². The van der Waals surface area contributed by atoms with E-state index in [2.05, 4.69) is 26.0 Å². The van der Waals surface area contributed by atoms with Gasteiger partial charge >= 0.3 is 0 Å². The second-order valence-corrected chi connectivity index (χ2v) is 5.48. The third-order valence-corrected chi connectivity index (χ3v) is 4.02. The SMILES string of the molecule is CCNS(=O)(=O)c1ccccc1NC(=O)CBr. The Morgan fingerprint density at radius 2 is 2.00 bits per heavy atom. The van der Waals surface area contributed by atoms with Gasteiger partial charge in [-0.15, -0.1) is 0 Å². The second kappa shape index (κ2) is 6.13. The molecule has 94 valence electrons. The van der Waals surface area contributed by atoms with E-state index in [1.54, 1.807) is 25.1 Å². The zero-order valence-electron chi connectivity index (χ0n) is 9.23. The van der Waals surface area contributed by atoms with Gasteiger partial charge in [-0.2, -0.15) is 0 Å². The van der Waals surface area contributed by atoms with Crippen LogP contribution in [0.4, 0.5) is 5.69 Å². The van der Waals surface area contributed by atoms with Gasteiger partial charge in [0.15, 0.2) is 0 Å². The molecule has 0 unspecified atom stereocenters. The van der Waals surface area contributed by atoms with Gasteiger partial charge in [-0.3, -0.25) is 4.79 Å². The van der Waals surface area contributed by atoms with Crippen LogP contribution in [0.2, 0.25) is 0 Å². The predicted octanol–water partition coefficient (Wildman–Crippen LogP) is 1.32. The van der Waals surface area contributed by atoms with E-state index in [-0.39, 0.29) is 21.8 Å². The molecule has 0 saturated heterocycles. The van der Waals surface area contributed by atoms with Crippen LogP contribution in [-0.2, 0) is 14.8 Å². The lowest BCUT2D eigenvalue weighted by Gasteiger charge is -2.10. The molecule has 2 N–H and O–H groups in total. The molecule has 0 atom stereocenters. The highest BCUT2D eigenvalue weighted by Crippen LogP contribution is 2.20. The summed E-state index contributed by atoms with van der Waals surface area (Å²) in [6, 6.07) is 6.26. The summed E-state index contributed by atoms with van der Waals surface area (Å²) in [4.78, 5) is 11.3. The summed E-state index contributed by atoms with van der Waals surface area (Å²) in [5, 5.41) is 2.63. The maximum atomic E-state index is 11.8. The van der Waals surface area contributed by atoms with Crippen LogP contribution in [0.15, 0.2) is 29.2 Å². The van der Waals surface area contributed by atoms with Crippen molar-refractivity contribution in [1.82, 2.24) is 4.72 Å². The molecule has 0 spiro atoms. The number of carbonyl (C=O) groups is 1. The molecule has 17 heavy (non-hydrogen) atoms. The van der Waals surface area contributed by atoms with Crippen molar-refractivity contribution in [2.45, 2.75) is 11.8 Å². The number of amides is 1. The first kappa shape index (κ1) is 14.1. The third-order valence-electron chi connectivity index (χ3n) is 1.91. The van der Waals surface area contributed by atoms with E-state index in [4.69, 9.17) is 0 Å². The van der Waals surface area contributed by atoms with Gasteiger partial charge in [-0.05, 0) is 12.1 Å². The molecule has 1 rings (SSSR count). The van der Waals surface area contributed by atoms with Gasteiger partial charge in [0.25, 0.3) is 0 Å². The number of rotatable bonds is 5. The van der Waals surface area contributed by atoms with Gasteiger partial charge in [0, 0.05) is 6.54 Å². The summed E-state index contributed by atoms with van der Waals surface area (Å²) in [6.07, 6.45) is 0. The van der Waals surface area contributed by atoms with Crippen molar-refractivity contribution in [2.24, 2.45) is 0 Å². The topological polar surface area (TPSA) is 75.3 Å². The van der Waals surface area contributed by atoms with Crippen molar-refractivity contribution < 1.29 is 13.2 Å². The predicted molar refractivity (Wildman–Crippen MR) is 69.7 cm³/mol. The molecule has 0 aromatic heterocycles. The van der Waals surface area contributed by atoms with Crippen molar-refractivity contribution in [1.29, 1.82) is 0 Å². The minimum Gasteiger partial charge on any atom is -0.324 e. The molecule has 1 amide bonds. The highest BCUT2D eigenvalue weighted by atomic mass is 79.9. The minimum atomic E-state index is -3.57. The Morgan fingerprint density at radius 3 is 2.59 bits per heavy atom. The van der Waals surface area contributed by atoms with Crippen LogP contribution < -0.4 is 10.0 Å². The molecule has 1 aromatic carbocycles. The largest absolute Gasteiger partial charge is 0.324 e. The summed E-state index contributed by atoms with van der Waals surface area (Å²) in [5.41, 5.74) is 0.276. The number of carbonyl (C=O) groups excluding carboxylic acids is 1. The molecule has 0 fully saturated rings. The first-order chi connectivity index (χ1) is 8.01. The quantitative estimate of drug-likeness (QED) is 0.803. The van der Waals surface area contributed by atoms with Gasteiger partial charge in [0.1, 0.15) is 4.90 Å². The van der Waals surface area contributed by atoms with Gasteiger partial charge in [0.2, 0.25) is 15.9 Å². The minimum absolute atomic E-state index is 0.0659. The Kier molecular flexibility index (Phi) is 5.10. The van der Waals surface area contributed by atoms with Gasteiger partial charge < -0.3 is 5.32 Å². The number of alkyl halides is 1. The second-order valence-electron chi connectivity index (χ2n) is 3.18. The average molecular weight is 321 g/mol. The van der Waals surface area contributed by atoms with Crippen LogP contribution in [0.3, 0.4) is 0 Å². The molecule has 0 aliphatic rings. The lowest BCUT2D eigenvalue weighted by Crippen LogP contribution is -2.25. The van der Waals surface area contributed by atoms with Gasteiger partial charge in [-0.1, -0.05) is 35.0 Å². The Labute approximate surface area is 109 Å². The number of benzene rings is 1. The number of sulfonamides is 1. The molecule has 0 aliphatic carbocycles. The van der Waals surface area contributed by atoms with E-state index in [1.807, 2.05) is 0 Å². The molecular weight excluding hydrogens is 308 g/mol. The number of anilines is 1. The molecule has 5 nitrogen and oxygen atoms in total. The van der Waals surface area contributed by atoms with E-state index >= 15 is 0 Å². The normalized spacial score (nSPS) is 11.2. The van der Waals surface area contributed by atoms with Crippen LogP contribution in [0.1, 0.15) is 6.92 Å². The molecule has 0 aliphatic heterocycles. The lowest BCUT2D eigenvalue weighted by atomic mass is 10.3. The summed E-state index contributed by atoms with van der Waals surface area (Å²) in [6.45, 7) is 1.99. The van der Waals surface area contributed by atoms with Crippen molar-refractivity contribution in [2.75, 3.05) is 17.2 Å². The van der Waals surface area contributed by atoms with E-state index in [1.165, 1.54) is 6.07 Å². The van der Waals surface area contributed by atoms with Gasteiger partial charge in [-0.25, -0.2) is 13.1 Å². The van der Waals surface area contributed by atoms with Crippen LogP contribution in [0, 0.1) is 0 Å². The molecular formula is C10H13BrN2O3S. The summed E-state index contributed by atoms with van der Waals surface area (Å²) in [5.74, 6) is -0.302. The number of hydrogen-bond acceptors (Lipinski definition) is 3. The average Bonchev–Trinajstić information content (AvgIpc) is 2.29. The highest BCUT2D eigenvalue weighted by molar-refractivity contribution is 9.09. The maximum absolute atomic E-state index is 11.8. The summed E-state index contributed by atoms with van der Waals surface area (Å²) in [7, 11) is -3.57. The Balaban J connectivity index is 3.12. The standard InChI is InChI=1S/C10H13BrN2O3S/c1-2-12-17(15,16)9-6-4-3-5-8(9)13-10(14)7-11/h3-6,12H,2,7H2,1H3,(H,13,14). The molecule has 0 radical (unpaired) electrons. The molecule has 1 aromatic rings. The van der Waals surface area contributed by atoms with Crippen LogP contribution >= 0.6 is 15.9 Å². The van der Waals surface area contributed by atoms with E-state index in [0.717, 1.165) is 0 Å². The number of halogens is 1. The summed E-state index contributed by atoms with van der Waals surface area (Å²) < 4.78 is 26.1. The Bertz CT molecular complexity index is 502. The maximum Gasteiger partial charge on any atom is 0.242 e.